The first kappa shape index (κ1) is 39.9. The smallest absolute Gasteiger partial charge is 0.252 e. The second-order valence-electron chi connectivity index (χ2n) is 32.0. The van der Waals surface area contributed by atoms with Gasteiger partial charge in [0.25, 0.3) is 6.71 Å². The fraction of sp³-hybridized carbons (Fsp3) is 0.443. The van der Waals surface area contributed by atoms with E-state index in [1.807, 2.05) is 41.5 Å². The first-order valence-electron chi connectivity index (χ1n) is 40.1. The Bertz CT molecular complexity index is 5120. The molecule has 6 heteroatoms. The number of benzene rings is 7. The van der Waals surface area contributed by atoms with Crippen LogP contribution in [0, 0.1) is 0 Å². The van der Waals surface area contributed by atoms with Crippen LogP contribution in [0.4, 0.5) is 45.5 Å². The number of thiophene rings is 1. The maximum absolute atomic E-state index is 11.8. The first-order valence-corrected chi connectivity index (χ1v) is 35.5. The highest BCUT2D eigenvalue weighted by Gasteiger charge is 2.59. The average Bonchev–Trinajstić information content (AvgIpc) is 1.62. The second kappa shape index (κ2) is 18.4. The molecule has 0 spiro atoms. The second-order valence-corrected chi connectivity index (χ2v) is 38.1. The number of hydrogen-bond acceptors (Lipinski definition) is 4. The molecule has 8 aromatic rings. The highest BCUT2D eigenvalue weighted by Crippen LogP contribution is 2.64. The number of fused-ring (bicyclic) bond motifs is 10. The molecule has 0 radical (unpaired) electrons. The molecule has 3 aliphatic heterocycles. The fourth-order valence-electron chi connectivity index (χ4n) is 15.0. The van der Waals surface area contributed by atoms with Gasteiger partial charge in [0.1, 0.15) is 0 Å². The third-order valence-corrected chi connectivity index (χ3v) is 24.2. The highest BCUT2D eigenvalue weighted by atomic mass is 32.1. The van der Waals surface area contributed by atoms with E-state index < -0.39 is 137 Å². The van der Waals surface area contributed by atoms with Crippen LogP contribution in [0.5, 0.6) is 0 Å². The Morgan fingerprint density at radius 3 is 1.66 bits per heavy atom. The van der Waals surface area contributed by atoms with Gasteiger partial charge in [-0.05, 0) is 194 Å². The molecule has 7 aliphatic rings. The molecule has 2 bridgehead atoms. The largest absolute Gasteiger partial charge is 0.334 e. The summed E-state index contributed by atoms with van der Waals surface area (Å²) in [6, 6.07) is -1.03. The van der Waals surface area contributed by atoms with E-state index in [0.717, 1.165) is 54.5 Å². The van der Waals surface area contributed by atoms with Crippen LogP contribution in [0.1, 0.15) is 225 Å². The lowest BCUT2D eigenvalue weighted by Gasteiger charge is -2.51. The summed E-state index contributed by atoms with van der Waals surface area (Å²) in [5.41, 5.74) is -5.88. The van der Waals surface area contributed by atoms with Crippen molar-refractivity contribution in [3.63, 3.8) is 0 Å². The lowest BCUT2D eigenvalue weighted by Crippen LogP contribution is -2.61. The lowest BCUT2D eigenvalue weighted by molar-refractivity contribution is 0.194. The van der Waals surface area contributed by atoms with Gasteiger partial charge >= 0.3 is 0 Å². The zero-order valence-electron chi connectivity index (χ0n) is 71.7. The van der Waals surface area contributed by atoms with E-state index in [1.165, 1.54) is 26.3 Å². The molecule has 2 fully saturated rings. The Kier molecular flexibility index (Phi) is 8.62. The SMILES string of the molecule is [2H]c1c([2H])c(C(C)(C)C)c([2H])c([2H])c1-c1c([2H])c(C(C)(C)C)c([2H])c([2H])c1N1c2c([2H])c([2H])c(C(C)(C)C)c([2H])c2B2c3c1c([2H])c(N1c4ccc([Si](C)(C)C)cc4C4(C)CCCCC14C)c([2H])c3N(c1c([2H])c([2H])c(C(C)(C)C)c([2H])c1[2H])c1c2c([2H])c2sc3c(c2c1[2H])C1(C)CCC3(C)CC1. The highest BCUT2D eigenvalue weighted by molar-refractivity contribution is 7.19. The maximum atomic E-state index is 11.8. The molecule has 3 nitrogen and oxygen atoms in total. The molecule has 7 aromatic carbocycles. The Labute approximate surface area is 542 Å². The van der Waals surface area contributed by atoms with Crippen molar-refractivity contribution in [1.29, 1.82) is 0 Å². The van der Waals surface area contributed by atoms with E-state index in [0.29, 0.717) is 28.6 Å². The number of rotatable bonds is 5. The van der Waals surface area contributed by atoms with E-state index in [-0.39, 0.29) is 120 Å². The van der Waals surface area contributed by atoms with E-state index in [2.05, 4.69) is 70.4 Å². The molecule has 0 N–H and O–H groups in total. The van der Waals surface area contributed by atoms with Gasteiger partial charge in [-0.3, -0.25) is 0 Å². The Balaban J connectivity index is 1.31. The normalized spacial score (nSPS) is 26.4. The van der Waals surface area contributed by atoms with E-state index in [9.17, 15) is 24.7 Å². The van der Waals surface area contributed by atoms with Crippen molar-refractivity contribution in [3.05, 3.63) is 165 Å². The molecular weight excluding hydrogens is 1060 g/mol. The zero-order chi connectivity index (χ0) is 76.0. The van der Waals surface area contributed by atoms with Crippen LogP contribution < -0.4 is 36.3 Å². The Hall–Kier alpha value is -5.82. The van der Waals surface area contributed by atoms with Gasteiger partial charge in [-0.15, -0.1) is 11.3 Å². The summed E-state index contributed by atoms with van der Waals surface area (Å²) in [4.78, 5) is 5.93. The van der Waals surface area contributed by atoms with Gasteiger partial charge in [-0.25, -0.2) is 0 Å². The summed E-state index contributed by atoms with van der Waals surface area (Å²) in [6.07, 6.45) is 6.22. The molecule has 2 saturated carbocycles. The van der Waals surface area contributed by atoms with Crippen molar-refractivity contribution >= 4 is 103 Å². The molecule has 438 valence electrons. The summed E-state index contributed by atoms with van der Waals surface area (Å²) in [5.74, 6) is 0. The molecule has 0 saturated heterocycles. The standard InChI is InChI=1S/C79H94BN3SSi/c1-72(2,3)50-24-22-49(23-25-50)57-42-52(74(7,8)9)28-33-62(57)82-64-34-29-53(75(10,11)12)43-60(64)80-61-48-68-58(69-71(84-68)77(14)40-38-76(69,13)39-41-77)47-65(61)81(54-30-26-51(27-31-54)73(4,5)6)66-44-55(45-67(82)70(66)80)83-63-35-32-56(85(17,18)19)46-59(63)78(15)36-20-21-37-79(78,83)16/h22-35,42-48H,20-21,36-41H2,1-19H3/i22D,23D,24D,25D,26D,27D,28D,29D,30D,31D,33D,34D,42D,43D,44D,45D,47D,48D. The predicted molar refractivity (Wildman–Crippen MR) is 375 cm³/mol. The summed E-state index contributed by atoms with van der Waals surface area (Å²) in [5, 5.41) is 1.68. The minimum Gasteiger partial charge on any atom is -0.334 e. The van der Waals surface area contributed by atoms with Crippen LogP contribution in [0.25, 0.3) is 21.2 Å². The molecule has 0 amide bonds. The van der Waals surface area contributed by atoms with E-state index >= 15 is 0 Å². The zero-order valence-corrected chi connectivity index (χ0v) is 55.5. The third-order valence-electron chi connectivity index (χ3n) is 20.7. The van der Waals surface area contributed by atoms with Crippen molar-refractivity contribution in [2.75, 3.05) is 14.7 Å². The van der Waals surface area contributed by atoms with Crippen molar-refractivity contribution in [1.82, 2.24) is 0 Å². The Morgan fingerprint density at radius 1 is 0.506 bits per heavy atom. The van der Waals surface area contributed by atoms with Gasteiger partial charge < -0.3 is 14.7 Å². The van der Waals surface area contributed by atoms with Crippen LogP contribution in [-0.4, -0.2) is 20.3 Å². The van der Waals surface area contributed by atoms with Gasteiger partial charge in [0.15, 0.2) is 0 Å². The molecule has 1 aromatic heterocycles. The van der Waals surface area contributed by atoms with Crippen LogP contribution in [-0.2, 0) is 37.9 Å². The molecule has 4 heterocycles. The topological polar surface area (TPSA) is 9.72 Å². The molecular formula is C79H94BN3SSi. The van der Waals surface area contributed by atoms with Crippen LogP contribution in [0.15, 0.2) is 127 Å². The summed E-state index contributed by atoms with van der Waals surface area (Å²) < 4.78 is 192. The number of hydrogen-bond donors (Lipinski definition) is 0. The minimum atomic E-state index is -2.07. The summed E-state index contributed by atoms with van der Waals surface area (Å²) >= 11 is 1.45. The van der Waals surface area contributed by atoms with Crippen molar-refractivity contribution in [2.45, 2.75) is 225 Å². The van der Waals surface area contributed by atoms with Crippen molar-refractivity contribution < 1.29 is 24.7 Å². The third kappa shape index (κ3) is 8.49. The Morgan fingerprint density at radius 2 is 1.05 bits per heavy atom. The minimum absolute atomic E-state index is 0.00800. The summed E-state index contributed by atoms with van der Waals surface area (Å²) in [7, 11) is -2.07. The van der Waals surface area contributed by atoms with Crippen molar-refractivity contribution in [3.8, 4) is 11.1 Å². The first-order chi connectivity index (χ1) is 47.3. The average molecular weight is 1170 g/mol. The van der Waals surface area contributed by atoms with Crippen LogP contribution >= 0.6 is 11.3 Å². The van der Waals surface area contributed by atoms with Gasteiger partial charge in [0.2, 0.25) is 0 Å². The van der Waals surface area contributed by atoms with Crippen LogP contribution in [0.3, 0.4) is 0 Å². The van der Waals surface area contributed by atoms with Gasteiger partial charge in [0, 0.05) is 65.8 Å². The van der Waals surface area contributed by atoms with E-state index in [4.69, 9.17) is 0 Å². The molecule has 85 heavy (non-hydrogen) atoms. The van der Waals surface area contributed by atoms with Gasteiger partial charge in [-0.1, -0.05) is 208 Å². The van der Waals surface area contributed by atoms with Crippen molar-refractivity contribution in [2.24, 2.45) is 0 Å². The van der Waals surface area contributed by atoms with Gasteiger partial charge in [0.05, 0.1) is 44.0 Å². The molecule has 4 aliphatic carbocycles. The number of anilines is 8. The lowest BCUT2D eigenvalue weighted by atomic mass is 9.33. The molecule has 15 rings (SSSR count). The monoisotopic (exact) mass is 1170 g/mol. The van der Waals surface area contributed by atoms with E-state index in [1.54, 1.807) is 41.5 Å². The quantitative estimate of drug-likeness (QED) is 0.159. The maximum Gasteiger partial charge on any atom is 0.252 e. The summed E-state index contributed by atoms with van der Waals surface area (Å²) in [6.45, 7) is 35.7. The molecule has 2 atom stereocenters. The number of nitrogens with zero attached hydrogens (tertiary/aromatic N) is 3. The molecule has 2 unspecified atom stereocenters. The predicted octanol–water partition coefficient (Wildman–Crippen LogP) is 20.2. The van der Waals surface area contributed by atoms with Gasteiger partial charge in [-0.2, -0.15) is 0 Å². The van der Waals surface area contributed by atoms with Crippen LogP contribution in [0.2, 0.25) is 19.6 Å². The fourth-order valence-corrected chi connectivity index (χ4v) is 17.7.